The average molecular weight is 287 g/mol. The van der Waals surface area contributed by atoms with Crippen molar-refractivity contribution >= 4 is 24.2 Å². The van der Waals surface area contributed by atoms with Crippen LogP contribution in [0.25, 0.3) is 0 Å². The molecule has 0 radical (unpaired) electrons. The van der Waals surface area contributed by atoms with E-state index in [1.807, 2.05) is 0 Å². The summed E-state index contributed by atoms with van der Waals surface area (Å²) in [6.07, 6.45) is 1.02. The van der Waals surface area contributed by atoms with Crippen LogP contribution in [0.15, 0.2) is 24.3 Å². The molecule has 0 unspecified atom stereocenters. The van der Waals surface area contributed by atoms with Crippen LogP contribution >= 0.6 is 15.9 Å². The fourth-order valence-corrected chi connectivity index (χ4v) is 2.41. The van der Waals surface area contributed by atoms with Crippen molar-refractivity contribution in [2.24, 2.45) is 0 Å². The van der Waals surface area contributed by atoms with Crippen LogP contribution in [0.4, 0.5) is 0 Å². The Balaban J connectivity index is 2.44. The Bertz CT molecular complexity index is 307. The van der Waals surface area contributed by atoms with Crippen LogP contribution in [0.1, 0.15) is 11.1 Å². The highest BCUT2D eigenvalue weighted by Crippen LogP contribution is 2.10. The van der Waals surface area contributed by atoms with E-state index >= 15 is 0 Å². The van der Waals surface area contributed by atoms with Gasteiger partial charge in [-0.15, -0.1) is 0 Å². The summed E-state index contributed by atoms with van der Waals surface area (Å²) in [7, 11) is -1.34. The Morgan fingerprint density at radius 2 is 1.87 bits per heavy atom. The van der Waals surface area contributed by atoms with E-state index in [0.29, 0.717) is 0 Å². The average Bonchev–Trinajstić information content (AvgIpc) is 2.16. The van der Waals surface area contributed by atoms with Crippen LogP contribution in [-0.4, -0.2) is 14.9 Å². The van der Waals surface area contributed by atoms with Gasteiger partial charge in [-0.25, -0.2) is 0 Å². The monoisotopic (exact) mass is 286 g/mol. The van der Waals surface area contributed by atoms with Gasteiger partial charge in [0.2, 0.25) is 0 Å². The number of halogens is 1. The SMILES string of the molecule is C[Si](C)(C)OCCc1cccc(CBr)c1. The topological polar surface area (TPSA) is 9.23 Å². The van der Waals surface area contributed by atoms with Gasteiger partial charge in [-0.3, -0.25) is 0 Å². The van der Waals surface area contributed by atoms with Crippen molar-refractivity contribution in [3.8, 4) is 0 Å². The smallest absolute Gasteiger partial charge is 0.183 e. The van der Waals surface area contributed by atoms with Gasteiger partial charge in [0.05, 0.1) is 0 Å². The van der Waals surface area contributed by atoms with E-state index in [1.54, 1.807) is 0 Å². The number of benzene rings is 1. The second-order valence-electron chi connectivity index (χ2n) is 4.66. The highest BCUT2D eigenvalue weighted by Gasteiger charge is 2.13. The first-order valence-corrected chi connectivity index (χ1v) is 9.82. The van der Waals surface area contributed by atoms with Crippen molar-refractivity contribution < 1.29 is 4.43 Å². The molecule has 0 fully saturated rings. The second kappa shape index (κ2) is 5.82. The van der Waals surface area contributed by atoms with Crippen LogP contribution < -0.4 is 0 Å². The maximum atomic E-state index is 5.83. The maximum Gasteiger partial charge on any atom is 0.183 e. The summed E-state index contributed by atoms with van der Waals surface area (Å²) < 4.78 is 5.83. The van der Waals surface area contributed by atoms with Crippen molar-refractivity contribution in [1.82, 2.24) is 0 Å². The molecule has 0 aromatic heterocycles. The molecule has 0 aliphatic heterocycles. The maximum absolute atomic E-state index is 5.83. The Hall–Kier alpha value is -0.123. The van der Waals surface area contributed by atoms with Crippen LogP contribution in [-0.2, 0) is 16.2 Å². The van der Waals surface area contributed by atoms with E-state index in [2.05, 4.69) is 59.8 Å². The Morgan fingerprint density at radius 1 is 1.20 bits per heavy atom. The number of alkyl halides is 1. The standard InChI is InChI=1S/C12H19BrOSi/c1-15(2,3)14-8-7-11-5-4-6-12(9-11)10-13/h4-6,9H,7-8,10H2,1-3H3. The molecule has 1 nitrogen and oxygen atoms in total. The van der Waals surface area contributed by atoms with Crippen LogP contribution in [0, 0.1) is 0 Å². The number of hydrogen-bond acceptors (Lipinski definition) is 1. The molecule has 0 saturated carbocycles. The number of hydrogen-bond donors (Lipinski definition) is 0. The van der Waals surface area contributed by atoms with Gasteiger partial charge in [-0.1, -0.05) is 40.2 Å². The summed E-state index contributed by atoms with van der Waals surface area (Å²) in [6.45, 7) is 7.52. The zero-order valence-corrected chi connectivity index (χ0v) is 12.3. The van der Waals surface area contributed by atoms with E-state index in [4.69, 9.17) is 4.43 Å². The van der Waals surface area contributed by atoms with E-state index in [-0.39, 0.29) is 0 Å². The minimum absolute atomic E-state index is 0.849. The lowest BCUT2D eigenvalue weighted by molar-refractivity contribution is 0.316. The third-order valence-electron chi connectivity index (χ3n) is 2.07. The largest absolute Gasteiger partial charge is 0.417 e. The Morgan fingerprint density at radius 3 is 2.47 bits per heavy atom. The first kappa shape index (κ1) is 12.9. The van der Waals surface area contributed by atoms with Gasteiger partial charge in [-0.05, 0) is 37.2 Å². The highest BCUT2D eigenvalue weighted by molar-refractivity contribution is 9.08. The molecule has 0 atom stereocenters. The van der Waals surface area contributed by atoms with Gasteiger partial charge in [0.15, 0.2) is 8.32 Å². The van der Waals surface area contributed by atoms with Gasteiger partial charge in [0.1, 0.15) is 0 Å². The first-order chi connectivity index (χ1) is 7.01. The molecule has 3 heteroatoms. The molecule has 0 amide bonds. The second-order valence-corrected chi connectivity index (χ2v) is 9.74. The summed E-state index contributed by atoms with van der Waals surface area (Å²) >= 11 is 3.47. The summed E-state index contributed by atoms with van der Waals surface area (Å²) in [5, 5.41) is 0.926. The normalized spacial score (nSPS) is 11.7. The van der Waals surface area contributed by atoms with Gasteiger partial charge in [-0.2, -0.15) is 0 Å². The lowest BCUT2D eigenvalue weighted by atomic mass is 10.1. The molecule has 0 saturated heterocycles. The minimum Gasteiger partial charge on any atom is -0.417 e. The van der Waals surface area contributed by atoms with Crippen molar-refractivity contribution in [3.63, 3.8) is 0 Å². The zero-order valence-electron chi connectivity index (χ0n) is 9.72. The molecule has 0 aliphatic rings. The lowest BCUT2D eigenvalue weighted by Gasteiger charge is -2.17. The van der Waals surface area contributed by atoms with Crippen molar-refractivity contribution in [2.75, 3.05) is 6.61 Å². The van der Waals surface area contributed by atoms with Gasteiger partial charge >= 0.3 is 0 Å². The van der Waals surface area contributed by atoms with E-state index in [0.717, 1.165) is 18.4 Å². The van der Waals surface area contributed by atoms with Crippen LogP contribution in [0.5, 0.6) is 0 Å². The van der Waals surface area contributed by atoms with Crippen LogP contribution in [0.2, 0.25) is 19.6 Å². The first-order valence-electron chi connectivity index (χ1n) is 5.29. The summed E-state index contributed by atoms with van der Waals surface area (Å²) in [5.74, 6) is 0. The molecule has 0 heterocycles. The predicted molar refractivity (Wildman–Crippen MR) is 72.1 cm³/mol. The highest BCUT2D eigenvalue weighted by atomic mass is 79.9. The lowest BCUT2D eigenvalue weighted by Crippen LogP contribution is -2.26. The molecule has 0 bridgehead atoms. The van der Waals surface area contributed by atoms with E-state index < -0.39 is 8.32 Å². The summed E-state index contributed by atoms with van der Waals surface area (Å²) in [6, 6.07) is 8.65. The molecular formula is C12H19BrOSi. The summed E-state index contributed by atoms with van der Waals surface area (Å²) in [4.78, 5) is 0. The van der Waals surface area contributed by atoms with Crippen LogP contribution in [0.3, 0.4) is 0 Å². The van der Waals surface area contributed by atoms with Crippen molar-refractivity contribution in [3.05, 3.63) is 35.4 Å². The molecule has 84 valence electrons. The van der Waals surface area contributed by atoms with Gasteiger partial charge < -0.3 is 4.43 Å². The van der Waals surface area contributed by atoms with Gasteiger partial charge in [0, 0.05) is 11.9 Å². The molecular weight excluding hydrogens is 268 g/mol. The molecule has 0 spiro atoms. The van der Waals surface area contributed by atoms with Crippen molar-refractivity contribution in [2.45, 2.75) is 31.4 Å². The third-order valence-corrected chi connectivity index (χ3v) is 3.79. The molecule has 1 aromatic carbocycles. The fourth-order valence-electron chi connectivity index (χ4n) is 1.34. The van der Waals surface area contributed by atoms with E-state index in [9.17, 15) is 0 Å². The van der Waals surface area contributed by atoms with Gasteiger partial charge in [0.25, 0.3) is 0 Å². The summed E-state index contributed by atoms with van der Waals surface area (Å²) in [5.41, 5.74) is 2.70. The Kier molecular flexibility index (Phi) is 5.03. The molecule has 1 aromatic rings. The fraction of sp³-hybridized carbons (Fsp3) is 0.500. The zero-order chi connectivity index (χ0) is 11.3. The van der Waals surface area contributed by atoms with E-state index in [1.165, 1.54) is 11.1 Å². The predicted octanol–water partition coefficient (Wildman–Crippen LogP) is 3.98. The molecule has 0 N–H and O–H groups in total. The number of rotatable bonds is 5. The minimum atomic E-state index is -1.34. The van der Waals surface area contributed by atoms with Crippen molar-refractivity contribution in [1.29, 1.82) is 0 Å². The third kappa shape index (κ3) is 5.49. The molecule has 0 aliphatic carbocycles. The quantitative estimate of drug-likeness (QED) is 0.588. The molecule has 15 heavy (non-hydrogen) atoms. The Labute approximate surface area is 102 Å². The molecule has 1 rings (SSSR count).